The van der Waals surface area contributed by atoms with Crippen LogP contribution in [0, 0.1) is 6.92 Å². The van der Waals surface area contributed by atoms with Crippen LogP contribution < -0.4 is 5.32 Å². The van der Waals surface area contributed by atoms with Gasteiger partial charge >= 0.3 is 0 Å². The minimum Gasteiger partial charge on any atom is -0.325 e. The molecule has 2 aromatic rings. The zero-order chi connectivity index (χ0) is 13.7. The maximum Gasteiger partial charge on any atom is 0.224 e. The smallest absolute Gasteiger partial charge is 0.224 e. The van der Waals surface area contributed by atoms with Crippen LogP contribution >= 0.6 is 27.3 Å². The molecular weight excluding hydrogens is 322 g/mol. The second-order valence-electron chi connectivity index (χ2n) is 4.46. The first-order valence-corrected chi connectivity index (χ1v) is 7.91. The number of rotatable bonds is 5. The van der Waals surface area contributed by atoms with Gasteiger partial charge in [-0.2, -0.15) is 0 Å². The molecule has 2 rings (SSSR count). The zero-order valence-electron chi connectivity index (χ0n) is 10.8. The number of carbonyl (C=O) groups excluding carboxylic acids is 1. The van der Waals surface area contributed by atoms with Gasteiger partial charge in [0.05, 0.1) is 5.69 Å². The molecule has 0 bridgehead atoms. The van der Waals surface area contributed by atoms with Crippen LogP contribution in [0.2, 0.25) is 0 Å². The summed E-state index contributed by atoms with van der Waals surface area (Å²) in [5, 5.41) is 5.00. The van der Waals surface area contributed by atoms with Crippen LogP contribution in [0.4, 0.5) is 5.69 Å². The molecule has 2 nitrogen and oxygen atoms in total. The second kappa shape index (κ2) is 6.87. The van der Waals surface area contributed by atoms with Crippen molar-refractivity contribution in [3.8, 4) is 0 Å². The second-order valence-corrected chi connectivity index (χ2v) is 6.35. The summed E-state index contributed by atoms with van der Waals surface area (Å²) in [6, 6.07) is 10.1. The van der Waals surface area contributed by atoms with E-state index in [9.17, 15) is 4.79 Å². The van der Waals surface area contributed by atoms with Crippen molar-refractivity contribution in [1.82, 2.24) is 0 Å². The third-order valence-corrected chi connectivity index (χ3v) is 4.40. The molecular formula is C15H16BrNOS. The van der Waals surface area contributed by atoms with Crippen molar-refractivity contribution in [2.45, 2.75) is 26.2 Å². The summed E-state index contributed by atoms with van der Waals surface area (Å²) >= 11 is 5.21. The summed E-state index contributed by atoms with van der Waals surface area (Å²) in [6.45, 7) is 2.03. The molecule has 1 amide bonds. The molecule has 4 heteroatoms. The summed E-state index contributed by atoms with van der Waals surface area (Å²) in [4.78, 5) is 13.2. The van der Waals surface area contributed by atoms with Gasteiger partial charge in [-0.25, -0.2) is 0 Å². The van der Waals surface area contributed by atoms with Gasteiger partial charge in [-0.15, -0.1) is 11.3 Å². The number of nitrogens with one attached hydrogen (secondary N) is 1. The Morgan fingerprint density at radius 2 is 2.21 bits per heavy atom. The van der Waals surface area contributed by atoms with E-state index < -0.39 is 0 Å². The maximum absolute atomic E-state index is 11.8. The van der Waals surface area contributed by atoms with Gasteiger partial charge in [0.25, 0.3) is 0 Å². The van der Waals surface area contributed by atoms with E-state index in [4.69, 9.17) is 0 Å². The SMILES string of the molecule is Cc1ccc(NC(=O)CCCc2cccs2)c(Br)c1. The molecule has 1 aromatic heterocycles. The van der Waals surface area contributed by atoms with E-state index in [1.165, 1.54) is 10.4 Å². The number of halogens is 1. The van der Waals surface area contributed by atoms with Crippen LogP contribution in [0.5, 0.6) is 0 Å². The Kier molecular flexibility index (Phi) is 5.16. The van der Waals surface area contributed by atoms with Gasteiger partial charge in [0.15, 0.2) is 0 Å². The molecule has 19 heavy (non-hydrogen) atoms. The highest BCUT2D eigenvalue weighted by molar-refractivity contribution is 9.10. The zero-order valence-corrected chi connectivity index (χ0v) is 13.2. The van der Waals surface area contributed by atoms with Crippen LogP contribution in [-0.2, 0) is 11.2 Å². The molecule has 1 aromatic carbocycles. The van der Waals surface area contributed by atoms with E-state index in [-0.39, 0.29) is 5.91 Å². The number of thiophene rings is 1. The third-order valence-electron chi connectivity index (χ3n) is 2.81. The fourth-order valence-electron chi connectivity index (χ4n) is 1.81. The van der Waals surface area contributed by atoms with Crippen molar-refractivity contribution in [1.29, 1.82) is 0 Å². The van der Waals surface area contributed by atoms with E-state index in [1.54, 1.807) is 11.3 Å². The normalized spacial score (nSPS) is 10.4. The number of hydrogen-bond donors (Lipinski definition) is 1. The highest BCUT2D eigenvalue weighted by Crippen LogP contribution is 2.23. The van der Waals surface area contributed by atoms with Gasteiger partial charge < -0.3 is 5.32 Å². The van der Waals surface area contributed by atoms with E-state index in [2.05, 4.69) is 32.7 Å². The number of benzene rings is 1. The standard InChI is InChI=1S/C15H16BrNOS/c1-11-7-8-14(13(16)10-11)17-15(18)6-2-4-12-5-3-9-19-12/h3,5,7-10H,2,4,6H2,1H3,(H,17,18). The average molecular weight is 338 g/mol. The first kappa shape index (κ1) is 14.3. The summed E-state index contributed by atoms with van der Waals surface area (Å²) in [7, 11) is 0. The summed E-state index contributed by atoms with van der Waals surface area (Å²) in [6.07, 6.45) is 2.41. The minimum atomic E-state index is 0.0705. The van der Waals surface area contributed by atoms with Crippen molar-refractivity contribution in [2.75, 3.05) is 5.32 Å². The van der Waals surface area contributed by atoms with Gasteiger partial charge in [-0.1, -0.05) is 12.1 Å². The molecule has 0 fully saturated rings. The summed E-state index contributed by atoms with van der Waals surface area (Å²) in [5.41, 5.74) is 2.01. The number of carbonyl (C=O) groups is 1. The highest BCUT2D eigenvalue weighted by atomic mass is 79.9. The molecule has 0 aliphatic heterocycles. The molecule has 0 radical (unpaired) electrons. The molecule has 0 saturated carbocycles. The third kappa shape index (κ3) is 4.48. The fraction of sp³-hybridized carbons (Fsp3) is 0.267. The predicted octanol–water partition coefficient (Wildman–Crippen LogP) is 4.78. The summed E-state index contributed by atoms with van der Waals surface area (Å²) < 4.78 is 0.930. The first-order valence-electron chi connectivity index (χ1n) is 6.23. The van der Waals surface area contributed by atoms with Crippen LogP contribution in [0.3, 0.4) is 0 Å². The van der Waals surface area contributed by atoms with Crippen molar-refractivity contribution in [2.24, 2.45) is 0 Å². The van der Waals surface area contributed by atoms with E-state index in [0.717, 1.165) is 23.0 Å². The molecule has 0 aliphatic carbocycles. The van der Waals surface area contributed by atoms with Crippen molar-refractivity contribution in [3.63, 3.8) is 0 Å². The Bertz CT molecular complexity index is 551. The van der Waals surface area contributed by atoms with Crippen molar-refractivity contribution >= 4 is 38.9 Å². The Morgan fingerprint density at radius 3 is 2.89 bits per heavy atom. The predicted molar refractivity (Wildman–Crippen MR) is 84.8 cm³/mol. The topological polar surface area (TPSA) is 29.1 Å². The van der Waals surface area contributed by atoms with E-state index in [1.807, 2.05) is 31.2 Å². The molecule has 1 heterocycles. The van der Waals surface area contributed by atoms with E-state index >= 15 is 0 Å². The van der Waals surface area contributed by atoms with Gasteiger partial charge in [0, 0.05) is 15.8 Å². The minimum absolute atomic E-state index is 0.0705. The Labute approximate surface area is 126 Å². The molecule has 0 spiro atoms. The van der Waals surface area contributed by atoms with Gasteiger partial charge in [0.2, 0.25) is 5.91 Å². The van der Waals surface area contributed by atoms with Gasteiger partial charge in [0.1, 0.15) is 0 Å². The number of hydrogen-bond acceptors (Lipinski definition) is 2. The summed E-state index contributed by atoms with van der Waals surface area (Å²) in [5.74, 6) is 0.0705. The number of amides is 1. The van der Waals surface area contributed by atoms with Crippen LogP contribution in [0.15, 0.2) is 40.2 Å². The molecule has 0 atom stereocenters. The Hall–Kier alpha value is -1.13. The van der Waals surface area contributed by atoms with Gasteiger partial charge in [-0.3, -0.25) is 4.79 Å². The van der Waals surface area contributed by atoms with Gasteiger partial charge in [-0.05, 0) is 64.8 Å². The average Bonchev–Trinajstić information content (AvgIpc) is 2.86. The Morgan fingerprint density at radius 1 is 1.37 bits per heavy atom. The lowest BCUT2D eigenvalue weighted by molar-refractivity contribution is -0.116. The quantitative estimate of drug-likeness (QED) is 0.835. The fourth-order valence-corrected chi connectivity index (χ4v) is 3.16. The van der Waals surface area contributed by atoms with Crippen molar-refractivity contribution in [3.05, 3.63) is 50.6 Å². The molecule has 100 valence electrons. The van der Waals surface area contributed by atoms with E-state index in [0.29, 0.717) is 6.42 Å². The van der Waals surface area contributed by atoms with Crippen LogP contribution in [-0.4, -0.2) is 5.91 Å². The molecule has 0 saturated heterocycles. The lowest BCUT2D eigenvalue weighted by atomic mass is 10.2. The maximum atomic E-state index is 11.8. The van der Waals surface area contributed by atoms with Crippen LogP contribution in [0.1, 0.15) is 23.3 Å². The Balaban J connectivity index is 1.80. The lowest BCUT2D eigenvalue weighted by Gasteiger charge is -2.07. The number of aryl methyl sites for hydroxylation is 2. The molecule has 0 aliphatic rings. The monoisotopic (exact) mass is 337 g/mol. The molecule has 1 N–H and O–H groups in total. The molecule has 0 unspecified atom stereocenters. The number of anilines is 1. The van der Waals surface area contributed by atoms with Crippen LogP contribution in [0.25, 0.3) is 0 Å². The first-order chi connectivity index (χ1) is 9.15. The lowest BCUT2D eigenvalue weighted by Crippen LogP contribution is -2.11. The highest BCUT2D eigenvalue weighted by Gasteiger charge is 2.06. The largest absolute Gasteiger partial charge is 0.325 e. The van der Waals surface area contributed by atoms with Crippen molar-refractivity contribution < 1.29 is 4.79 Å².